The highest BCUT2D eigenvalue weighted by Gasteiger charge is 2.47. The average Bonchev–Trinajstić information content (AvgIpc) is 3.01. The standard InChI is InChI=1S/C37H42N4O3/c1-26(42)41-34-19-16-31(40-35(43)29-12-10-28(11-13-29)27-8-6-5-7-9-27)24-33(34)37(4,25-36(41,2)3)30-14-17-32(18-15-30)44-23-22-39-21-20-38/h5-19,24,39H,20-23,25,38H2,1-4H3,(H,40,43). The maximum Gasteiger partial charge on any atom is 0.255 e. The molecule has 1 heterocycles. The molecule has 1 atom stereocenters. The monoisotopic (exact) mass is 590 g/mol. The molecule has 7 nitrogen and oxygen atoms in total. The molecular weight excluding hydrogens is 548 g/mol. The fourth-order valence-corrected chi connectivity index (χ4v) is 6.50. The van der Waals surface area contributed by atoms with Crippen LogP contribution >= 0.6 is 0 Å². The first-order valence-corrected chi connectivity index (χ1v) is 15.2. The van der Waals surface area contributed by atoms with E-state index in [0.29, 0.717) is 30.8 Å². The summed E-state index contributed by atoms with van der Waals surface area (Å²) in [5, 5.41) is 6.33. The molecule has 0 aromatic heterocycles. The number of carbonyl (C=O) groups is 2. The van der Waals surface area contributed by atoms with Crippen molar-refractivity contribution in [3.05, 3.63) is 114 Å². The van der Waals surface area contributed by atoms with Crippen LogP contribution < -0.4 is 26.0 Å². The fraction of sp³-hybridized carbons (Fsp3) is 0.297. The summed E-state index contributed by atoms with van der Waals surface area (Å²) in [5.41, 5.74) is 11.1. The Morgan fingerprint density at radius 3 is 2.20 bits per heavy atom. The third kappa shape index (κ3) is 6.54. The van der Waals surface area contributed by atoms with Crippen LogP contribution in [0.5, 0.6) is 5.75 Å². The van der Waals surface area contributed by atoms with Crippen molar-refractivity contribution < 1.29 is 14.3 Å². The number of benzene rings is 4. The maximum absolute atomic E-state index is 13.3. The van der Waals surface area contributed by atoms with E-state index in [0.717, 1.165) is 46.8 Å². The van der Waals surface area contributed by atoms with E-state index in [9.17, 15) is 9.59 Å². The number of rotatable bonds is 10. The quantitative estimate of drug-likeness (QED) is 0.187. The van der Waals surface area contributed by atoms with Crippen molar-refractivity contribution in [2.75, 3.05) is 36.5 Å². The summed E-state index contributed by atoms with van der Waals surface area (Å²) in [5.74, 6) is 0.598. The fourth-order valence-electron chi connectivity index (χ4n) is 6.50. The van der Waals surface area contributed by atoms with Gasteiger partial charge >= 0.3 is 0 Å². The smallest absolute Gasteiger partial charge is 0.255 e. The van der Waals surface area contributed by atoms with E-state index in [-0.39, 0.29) is 11.8 Å². The molecule has 1 unspecified atom stereocenters. The Balaban J connectivity index is 1.42. The number of amides is 2. The molecule has 4 aromatic carbocycles. The maximum atomic E-state index is 13.3. The van der Waals surface area contributed by atoms with Gasteiger partial charge in [0, 0.05) is 54.5 Å². The molecule has 0 saturated carbocycles. The van der Waals surface area contributed by atoms with E-state index in [1.165, 1.54) is 0 Å². The Morgan fingerprint density at radius 1 is 0.864 bits per heavy atom. The second-order valence-corrected chi connectivity index (χ2v) is 12.2. The Bertz CT molecular complexity index is 1600. The summed E-state index contributed by atoms with van der Waals surface area (Å²) in [6.45, 7) is 10.7. The van der Waals surface area contributed by atoms with Crippen molar-refractivity contribution in [3.8, 4) is 16.9 Å². The minimum Gasteiger partial charge on any atom is -0.492 e. The van der Waals surface area contributed by atoms with Crippen molar-refractivity contribution in [2.24, 2.45) is 5.73 Å². The van der Waals surface area contributed by atoms with Crippen LogP contribution in [-0.2, 0) is 10.2 Å². The third-order valence-electron chi connectivity index (χ3n) is 8.41. The molecule has 44 heavy (non-hydrogen) atoms. The molecule has 0 saturated heterocycles. The SMILES string of the molecule is CC(=O)N1c2ccc(NC(=O)c3ccc(-c4ccccc4)cc3)cc2C(C)(c2ccc(OCCNCCN)cc2)CC1(C)C. The molecule has 0 spiro atoms. The van der Waals surface area contributed by atoms with Crippen LogP contribution in [0.15, 0.2) is 97.1 Å². The lowest BCUT2D eigenvalue weighted by Gasteiger charge is -2.51. The number of nitrogens with two attached hydrogens (primary N) is 1. The first-order valence-electron chi connectivity index (χ1n) is 15.2. The summed E-state index contributed by atoms with van der Waals surface area (Å²) < 4.78 is 5.92. The van der Waals surface area contributed by atoms with Crippen molar-refractivity contribution >= 4 is 23.2 Å². The Labute approximate surface area is 260 Å². The molecule has 1 aliphatic rings. The van der Waals surface area contributed by atoms with Gasteiger partial charge in [0.05, 0.1) is 0 Å². The highest BCUT2D eigenvalue weighted by atomic mass is 16.5. The minimum absolute atomic E-state index is 0.0133. The topological polar surface area (TPSA) is 96.7 Å². The van der Waals surface area contributed by atoms with Gasteiger partial charge in [-0.25, -0.2) is 0 Å². The summed E-state index contributed by atoms with van der Waals surface area (Å²) in [4.78, 5) is 28.1. The van der Waals surface area contributed by atoms with Crippen LogP contribution in [0.1, 0.15) is 55.6 Å². The number of anilines is 2. The number of hydrogen-bond donors (Lipinski definition) is 3. The van der Waals surface area contributed by atoms with Crippen molar-refractivity contribution in [1.82, 2.24) is 5.32 Å². The zero-order valence-corrected chi connectivity index (χ0v) is 26.0. The van der Waals surface area contributed by atoms with Crippen molar-refractivity contribution in [3.63, 3.8) is 0 Å². The number of nitrogens with one attached hydrogen (secondary N) is 2. The van der Waals surface area contributed by atoms with Crippen molar-refractivity contribution in [2.45, 2.75) is 45.1 Å². The zero-order chi connectivity index (χ0) is 31.3. The van der Waals surface area contributed by atoms with Crippen molar-refractivity contribution in [1.29, 1.82) is 0 Å². The molecular formula is C37H42N4O3. The van der Waals surface area contributed by atoms with Gasteiger partial charge in [0.15, 0.2) is 0 Å². The summed E-state index contributed by atoms with van der Waals surface area (Å²) in [6.07, 6.45) is 0.703. The van der Waals surface area contributed by atoms with Crippen LogP contribution in [0.25, 0.3) is 11.1 Å². The highest BCUT2D eigenvalue weighted by molar-refractivity contribution is 6.05. The largest absolute Gasteiger partial charge is 0.492 e. The highest BCUT2D eigenvalue weighted by Crippen LogP contribution is 2.51. The zero-order valence-electron chi connectivity index (χ0n) is 26.0. The lowest BCUT2D eigenvalue weighted by atomic mass is 9.65. The first kappa shape index (κ1) is 31.0. The Hall–Kier alpha value is -4.46. The summed E-state index contributed by atoms with van der Waals surface area (Å²) in [7, 11) is 0. The minimum atomic E-state index is -0.428. The second kappa shape index (κ2) is 13.0. The predicted octanol–water partition coefficient (Wildman–Crippen LogP) is 6.37. The summed E-state index contributed by atoms with van der Waals surface area (Å²) >= 11 is 0. The summed E-state index contributed by atoms with van der Waals surface area (Å²) in [6, 6.07) is 31.8. The predicted molar refractivity (Wildman–Crippen MR) is 178 cm³/mol. The Kier molecular flexibility index (Phi) is 9.18. The molecule has 5 rings (SSSR count). The van der Waals surface area contributed by atoms with Gasteiger partial charge in [-0.2, -0.15) is 0 Å². The van der Waals surface area contributed by atoms with E-state index in [2.05, 4.69) is 43.5 Å². The van der Waals surface area contributed by atoms with Gasteiger partial charge in [-0.05, 0) is 85.0 Å². The van der Waals surface area contributed by atoms with E-state index in [1.807, 2.05) is 89.8 Å². The van der Waals surface area contributed by atoms with E-state index < -0.39 is 11.0 Å². The third-order valence-corrected chi connectivity index (χ3v) is 8.41. The average molecular weight is 591 g/mol. The van der Waals surface area contributed by atoms with Gasteiger partial charge in [0.2, 0.25) is 5.91 Å². The molecule has 1 aliphatic heterocycles. The number of ether oxygens (including phenoxy) is 1. The first-order chi connectivity index (χ1) is 21.1. The van der Waals surface area contributed by atoms with E-state index >= 15 is 0 Å². The molecule has 4 N–H and O–H groups in total. The van der Waals surface area contributed by atoms with Gasteiger partial charge in [0.25, 0.3) is 5.91 Å². The normalized spacial score (nSPS) is 17.1. The van der Waals surface area contributed by atoms with Gasteiger partial charge in [-0.1, -0.05) is 61.5 Å². The van der Waals surface area contributed by atoms with Gasteiger partial charge in [-0.15, -0.1) is 0 Å². The lowest BCUT2D eigenvalue weighted by molar-refractivity contribution is -0.117. The number of fused-ring (bicyclic) bond motifs is 1. The van der Waals surface area contributed by atoms with Crippen LogP contribution in [0.3, 0.4) is 0 Å². The number of hydrogen-bond acceptors (Lipinski definition) is 5. The molecule has 2 amide bonds. The number of nitrogens with zero attached hydrogens (tertiary/aromatic N) is 1. The van der Waals surface area contributed by atoms with Gasteiger partial charge < -0.3 is 26.0 Å². The molecule has 228 valence electrons. The molecule has 7 heteroatoms. The van der Waals surface area contributed by atoms with Crippen LogP contribution in [0.2, 0.25) is 0 Å². The second-order valence-electron chi connectivity index (χ2n) is 12.2. The molecule has 0 bridgehead atoms. The molecule has 0 radical (unpaired) electrons. The van der Waals surface area contributed by atoms with Gasteiger partial charge in [-0.3, -0.25) is 9.59 Å². The molecule has 0 aliphatic carbocycles. The van der Waals surface area contributed by atoms with Gasteiger partial charge in [0.1, 0.15) is 12.4 Å². The van der Waals surface area contributed by atoms with Crippen LogP contribution in [0.4, 0.5) is 11.4 Å². The number of carbonyl (C=O) groups excluding carboxylic acids is 2. The van der Waals surface area contributed by atoms with E-state index in [1.54, 1.807) is 6.92 Å². The van der Waals surface area contributed by atoms with E-state index in [4.69, 9.17) is 10.5 Å². The molecule has 0 fully saturated rings. The van der Waals surface area contributed by atoms with Crippen LogP contribution in [0, 0.1) is 0 Å². The lowest BCUT2D eigenvalue weighted by Crippen LogP contribution is -2.55. The van der Waals surface area contributed by atoms with Crippen LogP contribution in [-0.4, -0.2) is 43.6 Å². The Morgan fingerprint density at radius 2 is 1.55 bits per heavy atom. The molecule has 4 aromatic rings.